The molecule has 4 aromatic carbocycles. The predicted molar refractivity (Wildman–Crippen MR) is 134 cm³/mol. The largest absolute Gasteiger partial charge is 0.350 e. The fourth-order valence-corrected chi connectivity index (χ4v) is 4.98. The maximum Gasteiger partial charge on any atom is 0.229 e. The lowest BCUT2D eigenvalue weighted by molar-refractivity contribution is 0.607. The van der Waals surface area contributed by atoms with E-state index in [1.54, 1.807) is 12.1 Å². The van der Waals surface area contributed by atoms with Crippen LogP contribution in [0.5, 0.6) is 0 Å². The first kappa shape index (κ1) is 20.3. The van der Waals surface area contributed by atoms with Gasteiger partial charge in [0.2, 0.25) is 10.0 Å². The second-order valence-corrected chi connectivity index (χ2v) is 10.0. The summed E-state index contributed by atoms with van der Waals surface area (Å²) in [6, 6.07) is 29.0. The zero-order valence-electron chi connectivity index (χ0n) is 18.0. The van der Waals surface area contributed by atoms with Crippen LogP contribution in [0.2, 0.25) is 0 Å². The summed E-state index contributed by atoms with van der Waals surface area (Å²) in [5.74, 6) is 0. The second-order valence-electron chi connectivity index (χ2n) is 8.27. The van der Waals surface area contributed by atoms with Gasteiger partial charge in [-0.3, -0.25) is 4.72 Å². The van der Waals surface area contributed by atoms with Gasteiger partial charge in [-0.25, -0.2) is 8.42 Å². The lowest BCUT2D eigenvalue weighted by Crippen LogP contribution is -2.09. The molecule has 1 aromatic heterocycles. The van der Waals surface area contributed by atoms with Crippen molar-refractivity contribution >= 4 is 37.4 Å². The van der Waals surface area contributed by atoms with Gasteiger partial charge in [-0.1, -0.05) is 66.7 Å². The lowest BCUT2D eigenvalue weighted by atomic mass is 9.95. The molecule has 0 aliphatic carbocycles. The minimum absolute atomic E-state index is 0.563. The molecule has 0 aliphatic heterocycles. The molecule has 5 aromatic rings. The Hall–Kier alpha value is -3.57. The molecule has 5 rings (SSSR count). The van der Waals surface area contributed by atoms with Crippen molar-refractivity contribution in [3.8, 4) is 11.1 Å². The molecule has 0 unspecified atom stereocenters. The lowest BCUT2D eigenvalue weighted by Gasteiger charge is -2.10. The van der Waals surface area contributed by atoms with Gasteiger partial charge >= 0.3 is 0 Å². The fourth-order valence-electron chi connectivity index (χ4n) is 4.41. The van der Waals surface area contributed by atoms with Crippen molar-refractivity contribution < 1.29 is 8.42 Å². The quantitative estimate of drug-likeness (QED) is 0.367. The Kier molecular flexibility index (Phi) is 4.98. The standard InChI is InChI=1S/C27H24N2O2S/c1-29-18-23(17-19-10-11-20-6-3-4-7-22(20)16-19)27-25(8-5-9-26(27)29)21-12-14-24(15-13-21)28-32(2,30)31/h3-16,18,28H,17H2,1-2H3. The van der Waals surface area contributed by atoms with Crippen LogP contribution < -0.4 is 4.72 Å². The average molecular weight is 441 g/mol. The Morgan fingerprint density at radius 2 is 1.59 bits per heavy atom. The zero-order chi connectivity index (χ0) is 22.3. The Morgan fingerprint density at radius 1 is 0.844 bits per heavy atom. The number of anilines is 1. The van der Waals surface area contributed by atoms with Crippen molar-refractivity contribution in [3.63, 3.8) is 0 Å². The maximum absolute atomic E-state index is 11.5. The van der Waals surface area contributed by atoms with Crippen LogP contribution in [0.4, 0.5) is 5.69 Å². The molecule has 0 atom stereocenters. The summed E-state index contributed by atoms with van der Waals surface area (Å²) >= 11 is 0. The first-order valence-corrected chi connectivity index (χ1v) is 12.4. The molecule has 0 saturated heterocycles. The van der Waals surface area contributed by atoms with Crippen LogP contribution in [0.15, 0.2) is 91.1 Å². The molecule has 1 heterocycles. The highest BCUT2D eigenvalue weighted by molar-refractivity contribution is 7.92. The molecule has 160 valence electrons. The van der Waals surface area contributed by atoms with Crippen LogP contribution in [0.1, 0.15) is 11.1 Å². The van der Waals surface area contributed by atoms with Crippen LogP contribution in [0, 0.1) is 0 Å². The highest BCUT2D eigenvalue weighted by Gasteiger charge is 2.13. The second kappa shape index (κ2) is 7.84. The van der Waals surface area contributed by atoms with E-state index in [9.17, 15) is 8.42 Å². The van der Waals surface area contributed by atoms with Gasteiger partial charge in [0.1, 0.15) is 0 Å². The summed E-state index contributed by atoms with van der Waals surface area (Å²) in [7, 11) is -1.22. The number of nitrogens with zero attached hydrogens (tertiary/aromatic N) is 1. The van der Waals surface area contributed by atoms with E-state index in [2.05, 4.69) is 83.2 Å². The van der Waals surface area contributed by atoms with Crippen molar-refractivity contribution in [1.29, 1.82) is 0 Å². The van der Waals surface area contributed by atoms with E-state index in [1.807, 2.05) is 12.1 Å². The molecule has 32 heavy (non-hydrogen) atoms. The van der Waals surface area contributed by atoms with Crippen LogP contribution in [-0.4, -0.2) is 19.2 Å². The summed E-state index contributed by atoms with van der Waals surface area (Å²) in [6.07, 6.45) is 4.21. The summed E-state index contributed by atoms with van der Waals surface area (Å²) in [6.45, 7) is 0. The van der Waals surface area contributed by atoms with Crippen LogP contribution in [0.25, 0.3) is 32.8 Å². The van der Waals surface area contributed by atoms with Gasteiger partial charge in [-0.15, -0.1) is 0 Å². The number of nitrogens with one attached hydrogen (secondary N) is 1. The topological polar surface area (TPSA) is 51.1 Å². The minimum Gasteiger partial charge on any atom is -0.350 e. The molecular formula is C27H24N2O2S. The molecule has 5 heteroatoms. The van der Waals surface area contributed by atoms with Gasteiger partial charge in [-0.05, 0) is 57.6 Å². The normalized spacial score (nSPS) is 11.8. The van der Waals surface area contributed by atoms with Crippen molar-refractivity contribution in [2.75, 3.05) is 11.0 Å². The van der Waals surface area contributed by atoms with E-state index >= 15 is 0 Å². The SMILES string of the molecule is Cn1cc(Cc2ccc3ccccc3c2)c2c(-c3ccc(NS(C)(=O)=O)cc3)cccc21. The summed E-state index contributed by atoms with van der Waals surface area (Å²) in [5, 5.41) is 3.73. The zero-order valence-corrected chi connectivity index (χ0v) is 18.9. The monoisotopic (exact) mass is 440 g/mol. The Morgan fingerprint density at radius 3 is 2.34 bits per heavy atom. The summed E-state index contributed by atoms with van der Waals surface area (Å²) in [5.41, 5.74) is 6.49. The van der Waals surface area contributed by atoms with Gasteiger partial charge in [0.25, 0.3) is 0 Å². The highest BCUT2D eigenvalue weighted by atomic mass is 32.2. The van der Waals surface area contributed by atoms with E-state index in [1.165, 1.54) is 32.8 Å². The average Bonchev–Trinajstić information content (AvgIpc) is 3.09. The minimum atomic E-state index is -3.30. The molecule has 0 saturated carbocycles. The van der Waals surface area contributed by atoms with E-state index in [0.29, 0.717) is 5.69 Å². The molecule has 0 radical (unpaired) electrons. The highest BCUT2D eigenvalue weighted by Crippen LogP contribution is 2.34. The number of aryl methyl sites for hydroxylation is 1. The molecule has 0 spiro atoms. The number of benzene rings is 4. The smallest absolute Gasteiger partial charge is 0.229 e. The van der Waals surface area contributed by atoms with E-state index in [0.717, 1.165) is 23.8 Å². The number of hydrogen-bond acceptors (Lipinski definition) is 2. The van der Waals surface area contributed by atoms with Crippen molar-refractivity contribution in [3.05, 3.63) is 102 Å². The third-order valence-corrected chi connectivity index (χ3v) is 6.41. The fraction of sp³-hybridized carbons (Fsp3) is 0.111. The Labute approximate surface area is 188 Å². The molecule has 4 nitrogen and oxygen atoms in total. The first-order valence-electron chi connectivity index (χ1n) is 10.5. The number of fused-ring (bicyclic) bond motifs is 2. The maximum atomic E-state index is 11.5. The third-order valence-electron chi connectivity index (χ3n) is 5.80. The van der Waals surface area contributed by atoms with Crippen molar-refractivity contribution in [2.45, 2.75) is 6.42 Å². The number of hydrogen-bond donors (Lipinski definition) is 1. The van der Waals surface area contributed by atoms with E-state index in [4.69, 9.17) is 0 Å². The summed E-state index contributed by atoms with van der Waals surface area (Å²) < 4.78 is 27.7. The molecule has 1 N–H and O–H groups in total. The number of rotatable bonds is 5. The van der Waals surface area contributed by atoms with Gasteiger partial charge in [0.05, 0.1) is 6.26 Å². The van der Waals surface area contributed by atoms with Gasteiger partial charge < -0.3 is 4.57 Å². The first-order chi connectivity index (χ1) is 15.4. The molecule has 0 amide bonds. The van der Waals surface area contributed by atoms with Crippen LogP contribution in [0.3, 0.4) is 0 Å². The summed E-state index contributed by atoms with van der Waals surface area (Å²) in [4.78, 5) is 0. The molecular weight excluding hydrogens is 416 g/mol. The molecule has 0 fully saturated rings. The van der Waals surface area contributed by atoms with Gasteiger partial charge in [0.15, 0.2) is 0 Å². The van der Waals surface area contributed by atoms with Crippen molar-refractivity contribution in [2.24, 2.45) is 7.05 Å². The van der Waals surface area contributed by atoms with E-state index in [-0.39, 0.29) is 0 Å². The third kappa shape index (κ3) is 3.99. The van der Waals surface area contributed by atoms with E-state index < -0.39 is 10.0 Å². The predicted octanol–water partition coefficient (Wildman–Crippen LogP) is 5.96. The van der Waals surface area contributed by atoms with Crippen molar-refractivity contribution in [1.82, 2.24) is 4.57 Å². The molecule has 0 aliphatic rings. The van der Waals surface area contributed by atoms with Crippen LogP contribution >= 0.6 is 0 Å². The Balaban J connectivity index is 1.57. The van der Waals surface area contributed by atoms with Gasteiger partial charge in [0, 0.05) is 29.8 Å². The van der Waals surface area contributed by atoms with Gasteiger partial charge in [-0.2, -0.15) is 0 Å². The van der Waals surface area contributed by atoms with Crippen LogP contribution in [-0.2, 0) is 23.5 Å². The Bertz CT molecular complexity index is 1550. The number of sulfonamides is 1. The number of aromatic nitrogens is 1. The molecule has 0 bridgehead atoms.